The molecule has 0 aromatic heterocycles. The lowest BCUT2D eigenvalue weighted by Gasteiger charge is -1.79. The molecule has 8 N–H and O–H groups in total. The normalized spacial score (nSPS) is 6.33. The number of primary amides is 3. The summed E-state index contributed by atoms with van der Waals surface area (Å²) >= 11 is 0. The maximum Gasteiger partial charge on any atom is 0.335 e. The van der Waals surface area contributed by atoms with E-state index in [4.69, 9.17) is 10.0 Å². The number of nitrogens with two attached hydrogens (primary N) is 3. The molecule has 9 heavy (non-hydrogen) atoms. The van der Waals surface area contributed by atoms with Gasteiger partial charge in [-0.05, 0) is 0 Å². The van der Waals surface area contributed by atoms with Gasteiger partial charge in [-0.15, -0.1) is 0 Å². The monoisotopic (exact) mass is 136 g/mol. The molecule has 0 heterocycles. The van der Waals surface area contributed by atoms with Gasteiger partial charge in [-0.3, -0.25) is 5.21 Å². The summed E-state index contributed by atoms with van der Waals surface area (Å²) in [5.41, 5.74) is 14.0. The Morgan fingerprint density at radius 1 is 1.22 bits per heavy atom. The number of hydrogen-bond acceptors (Lipinski definition) is 3. The number of nitrogens with one attached hydrogen (secondary N) is 1. The number of carbonyl (C=O) groups excluding carboxylic acids is 2. The Balaban J connectivity index is 0. The zero-order valence-corrected chi connectivity index (χ0v) is 4.50. The minimum Gasteiger partial charge on any atom is -0.352 e. The summed E-state index contributed by atoms with van der Waals surface area (Å²) in [5, 5.41) is 7.42. The quantitative estimate of drug-likeness (QED) is 0.195. The SMILES string of the molecule is NC(=O)NO.NC(N)=O. The molecule has 7 nitrogen and oxygen atoms in total. The highest BCUT2D eigenvalue weighted by Gasteiger charge is 1.75. The van der Waals surface area contributed by atoms with Crippen molar-refractivity contribution in [2.75, 3.05) is 0 Å². The maximum atomic E-state index is 9.23. The number of hydrogen-bond donors (Lipinski definition) is 5. The van der Waals surface area contributed by atoms with Crippen molar-refractivity contribution in [2.24, 2.45) is 17.2 Å². The number of hydroxylamine groups is 1. The Morgan fingerprint density at radius 2 is 1.33 bits per heavy atom. The van der Waals surface area contributed by atoms with Crippen molar-refractivity contribution < 1.29 is 14.8 Å². The lowest BCUT2D eigenvalue weighted by molar-refractivity contribution is 0.169. The molecular formula is C2H8N4O3. The average molecular weight is 136 g/mol. The molecule has 54 valence electrons. The van der Waals surface area contributed by atoms with Gasteiger partial charge in [0.2, 0.25) is 0 Å². The second kappa shape index (κ2) is 6.50. The summed E-state index contributed by atoms with van der Waals surface area (Å²) in [6, 6.07) is -1.77. The topological polar surface area (TPSA) is 144 Å². The van der Waals surface area contributed by atoms with Crippen LogP contribution in [-0.4, -0.2) is 17.3 Å². The summed E-state index contributed by atoms with van der Waals surface area (Å²) in [6.45, 7) is 0. The Hall–Kier alpha value is -1.50. The van der Waals surface area contributed by atoms with Gasteiger partial charge in [0.1, 0.15) is 0 Å². The van der Waals surface area contributed by atoms with E-state index in [1.54, 1.807) is 0 Å². The molecule has 0 aromatic carbocycles. The first-order valence-electron chi connectivity index (χ1n) is 1.75. The Labute approximate surface area is 50.8 Å². The van der Waals surface area contributed by atoms with Crippen LogP contribution in [0.1, 0.15) is 0 Å². The highest BCUT2D eigenvalue weighted by atomic mass is 16.5. The number of carbonyl (C=O) groups is 2. The molecule has 0 atom stereocenters. The van der Waals surface area contributed by atoms with E-state index >= 15 is 0 Å². The van der Waals surface area contributed by atoms with Crippen LogP contribution in [-0.2, 0) is 0 Å². The van der Waals surface area contributed by atoms with Crippen molar-refractivity contribution in [1.29, 1.82) is 0 Å². The lowest BCUT2D eigenvalue weighted by atomic mass is 11.2. The van der Waals surface area contributed by atoms with E-state index in [-0.39, 0.29) is 0 Å². The highest BCUT2D eigenvalue weighted by Crippen LogP contribution is 1.38. The van der Waals surface area contributed by atoms with Crippen LogP contribution in [0.2, 0.25) is 0 Å². The fourth-order valence-electron chi connectivity index (χ4n) is 0. The lowest BCUT2D eigenvalue weighted by Crippen LogP contribution is -2.25. The molecule has 0 saturated heterocycles. The summed E-state index contributed by atoms with van der Waals surface area (Å²) in [6.07, 6.45) is 0. The molecule has 0 saturated carbocycles. The smallest absolute Gasteiger partial charge is 0.335 e. The fraction of sp³-hybridized carbons (Fsp3) is 0. The molecular weight excluding hydrogens is 128 g/mol. The zero-order chi connectivity index (χ0) is 7.86. The molecule has 0 fully saturated rings. The van der Waals surface area contributed by atoms with Crippen molar-refractivity contribution in [1.82, 2.24) is 5.48 Å². The number of rotatable bonds is 0. The van der Waals surface area contributed by atoms with Gasteiger partial charge < -0.3 is 17.2 Å². The standard InChI is InChI=1S/CH4N2O2.CH4N2O/c2-1(4)3-5;2-1(3)4/h5H,(H3,2,3,4);(H4,2,3,4). The second-order valence-electron chi connectivity index (χ2n) is 0.878. The van der Waals surface area contributed by atoms with E-state index in [2.05, 4.69) is 17.2 Å². The van der Waals surface area contributed by atoms with Gasteiger partial charge in [-0.2, -0.15) is 0 Å². The van der Waals surface area contributed by atoms with Crippen LogP contribution in [0.15, 0.2) is 0 Å². The molecule has 0 aliphatic carbocycles. The van der Waals surface area contributed by atoms with Gasteiger partial charge in [-0.1, -0.05) is 0 Å². The molecule has 0 aliphatic rings. The van der Waals surface area contributed by atoms with Gasteiger partial charge in [-0.25, -0.2) is 15.1 Å². The van der Waals surface area contributed by atoms with Crippen molar-refractivity contribution in [3.8, 4) is 0 Å². The fourth-order valence-corrected chi connectivity index (χ4v) is 0. The molecule has 0 bridgehead atoms. The summed E-state index contributed by atoms with van der Waals surface area (Å²) in [5.74, 6) is 0. The second-order valence-corrected chi connectivity index (χ2v) is 0.878. The summed E-state index contributed by atoms with van der Waals surface area (Å²) in [4.78, 5) is 18.2. The van der Waals surface area contributed by atoms with Gasteiger partial charge in [0.25, 0.3) is 0 Å². The average Bonchev–Trinajstić information content (AvgIpc) is 1.65. The molecule has 0 unspecified atom stereocenters. The van der Waals surface area contributed by atoms with E-state index in [1.807, 2.05) is 0 Å². The van der Waals surface area contributed by atoms with E-state index in [9.17, 15) is 4.79 Å². The molecule has 0 rings (SSSR count). The van der Waals surface area contributed by atoms with Crippen LogP contribution in [0.3, 0.4) is 0 Å². The van der Waals surface area contributed by atoms with E-state index in [0.717, 1.165) is 0 Å². The van der Waals surface area contributed by atoms with Crippen LogP contribution in [0.4, 0.5) is 9.59 Å². The maximum absolute atomic E-state index is 9.23. The molecule has 7 heteroatoms. The van der Waals surface area contributed by atoms with E-state index < -0.39 is 12.1 Å². The third-order valence-electron chi connectivity index (χ3n) is 0.110. The molecule has 0 aromatic rings. The van der Waals surface area contributed by atoms with E-state index in [0.29, 0.717) is 0 Å². The number of urea groups is 2. The van der Waals surface area contributed by atoms with Gasteiger partial charge in [0, 0.05) is 0 Å². The zero-order valence-electron chi connectivity index (χ0n) is 4.50. The Bertz CT molecular complexity index is 98.0. The first kappa shape index (κ1) is 10.5. The predicted octanol–water partition coefficient (Wildman–Crippen LogP) is -1.93. The van der Waals surface area contributed by atoms with Crippen LogP contribution in [0.25, 0.3) is 0 Å². The predicted molar refractivity (Wildman–Crippen MR) is 28.3 cm³/mol. The van der Waals surface area contributed by atoms with Crippen molar-refractivity contribution in [3.05, 3.63) is 0 Å². The van der Waals surface area contributed by atoms with Crippen LogP contribution < -0.4 is 22.7 Å². The number of amides is 4. The summed E-state index contributed by atoms with van der Waals surface area (Å²) < 4.78 is 0. The van der Waals surface area contributed by atoms with Crippen molar-refractivity contribution in [3.63, 3.8) is 0 Å². The largest absolute Gasteiger partial charge is 0.352 e. The minimum absolute atomic E-state index is 0.833. The van der Waals surface area contributed by atoms with Gasteiger partial charge in [0.05, 0.1) is 0 Å². The van der Waals surface area contributed by atoms with Gasteiger partial charge in [0.15, 0.2) is 0 Å². The van der Waals surface area contributed by atoms with Crippen LogP contribution in [0.5, 0.6) is 0 Å². The first-order chi connectivity index (χ1) is 4.00. The van der Waals surface area contributed by atoms with E-state index in [1.165, 1.54) is 5.48 Å². The third-order valence-corrected chi connectivity index (χ3v) is 0.110. The summed E-state index contributed by atoms with van der Waals surface area (Å²) in [7, 11) is 0. The highest BCUT2D eigenvalue weighted by molar-refractivity contribution is 5.70. The van der Waals surface area contributed by atoms with Crippen molar-refractivity contribution >= 4 is 12.1 Å². The molecule has 4 amide bonds. The third kappa shape index (κ3) is 526. The van der Waals surface area contributed by atoms with Crippen LogP contribution >= 0.6 is 0 Å². The molecule has 0 radical (unpaired) electrons. The Morgan fingerprint density at radius 3 is 1.33 bits per heavy atom. The van der Waals surface area contributed by atoms with Crippen LogP contribution in [0, 0.1) is 0 Å². The molecule has 0 aliphatic heterocycles. The van der Waals surface area contributed by atoms with Crippen molar-refractivity contribution in [2.45, 2.75) is 0 Å². The first-order valence-corrected chi connectivity index (χ1v) is 1.75. The minimum atomic E-state index is -0.940. The Kier molecular flexibility index (Phi) is 7.57. The molecule has 0 spiro atoms. The van der Waals surface area contributed by atoms with Gasteiger partial charge >= 0.3 is 12.1 Å².